The number of nitrogens with one attached hydrogen (secondary N) is 2. The minimum absolute atomic E-state index is 0.0561. The zero-order valence-electron chi connectivity index (χ0n) is 16.2. The lowest BCUT2D eigenvalue weighted by Gasteiger charge is -2.25. The number of benzene rings is 2. The molecule has 0 heterocycles. The monoisotopic (exact) mass is 439 g/mol. The van der Waals surface area contributed by atoms with E-state index in [2.05, 4.69) is 10.0 Å². The zero-order valence-corrected chi connectivity index (χ0v) is 17.7. The number of carbonyl (C=O) groups is 1. The standard InChI is InChI=1S/C20H23ClFN3O3S/c1-25(2)18(13-4-3-5-15(22)10-13)12-23-20(26)14-6-9-17(21)19(11-14)29(27,28)24-16-7-8-16/h3-6,9-11,16,18,24H,7-8,12H2,1-2H3,(H,23,26). The van der Waals surface area contributed by atoms with Gasteiger partial charge >= 0.3 is 0 Å². The van der Waals surface area contributed by atoms with Gasteiger partial charge in [0.25, 0.3) is 5.91 Å². The molecule has 0 radical (unpaired) electrons. The topological polar surface area (TPSA) is 78.5 Å². The van der Waals surface area contributed by atoms with Gasteiger partial charge in [-0.25, -0.2) is 17.5 Å². The quantitative estimate of drug-likeness (QED) is 0.662. The van der Waals surface area contributed by atoms with E-state index in [1.54, 1.807) is 12.1 Å². The smallest absolute Gasteiger partial charge is 0.251 e. The molecule has 1 fully saturated rings. The molecular weight excluding hydrogens is 417 g/mol. The van der Waals surface area contributed by atoms with E-state index < -0.39 is 15.9 Å². The summed E-state index contributed by atoms with van der Waals surface area (Å²) in [6, 6.07) is 10.0. The maximum atomic E-state index is 13.6. The van der Waals surface area contributed by atoms with E-state index in [0.29, 0.717) is 0 Å². The van der Waals surface area contributed by atoms with Crippen LogP contribution in [0.15, 0.2) is 47.4 Å². The van der Waals surface area contributed by atoms with Crippen LogP contribution in [0, 0.1) is 5.82 Å². The van der Waals surface area contributed by atoms with Gasteiger partial charge in [0, 0.05) is 18.2 Å². The third kappa shape index (κ3) is 5.54. The first-order valence-electron chi connectivity index (χ1n) is 9.19. The summed E-state index contributed by atoms with van der Waals surface area (Å²) in [6.07, 6.45) is 1.59. The Morgan fingerprint density at radius 3 is 2.59 bits per heavy atom. The van der Waals surface area contributed by atoms with Crippen molar-refractivity contribution in [3.63, 3.8) is 0 Å². The van der Waals surface area contributed by atoms with Crippen LogP contribution >= 0.6 is 11.6 Å². The first-order valence-corrected chi connectivity index (χ1v) is 11.1. The summed E-state index contributed by atoms with van der Waals surface area (Å²) in [5.41, 5.74) is 0.908. The minimum atomic E-state index is -3.79. The Morgan fingerprint density at radius 1 is 1.24 bits per heavy atom. The molecule has 2 N–H and O–H groups in total. The fourth-order valence-corrected chi connectivity index (χ4v) is 4.77. The number of likely N-dealkylation sites (N-methyl/N-ethyl adjacent to an activating group) is 1. The molecule has 1 atom stereocenters. The van der Waals surface area contributed by atoms with Crippen molar-refractivity contribution >= 4 is 27.5 Å². The molecule has 1 unspecified atom stereocenters. The maximum absolute atomic E-state index is 13.6. The molecule has 3 rings (SSSR count). The molecular formula is C20H23ClFN3O3S. The summed E-state index contributed by atoms with van der Waals surface area (Å²) in [6.45, 7) is 0.223. The van der Waals surface area contributed by atoms with Gasteiger partial charge in [0.2, 0.25) is 10.0 Å². The second-order valence-electron chi connectivity index (χ2n) is 7.29. The van der Waals surface area contributed by atoms with Crippen LogP contribution in [-0.4, -0.2) is 45.9 Å². The van der Waals surface area contributed by atoms with E-state index in [4.69, 9.17) is 11.6 Å². The second-order valence-corrected chi connectivity index (χ2v) is 9.37. The number of hydrogen-bond acceptors (Lipinski definition) is 4. The van der Waals surface area contributed by atoms with Gasteiger partial charge < -0.3 is 10.2 Å². The third-order valence-corrected chi connectivity index (χ3v) is 6.70. The Bertz CT molecular complexity index is 1010. The highest BCUT2D eigenvalue weighted by molar-refractivity contribution is 7.89. The normalized spacial score (nSPS) is 15.3. The lowest BCUT2D eigenvalue weighted by atomic mass is 10.1. The van der Waals surface area contributed by atoms with Crippen LogP contribution < -0.4 is 10.0 Å². The Morgan fingerprint density at radius 2 is 1.97 bits per heavy atom. The van der Waals surface area contributed by atoms with E-state index >= 15 is 0 Å². The van der Waals surface area contributed by atoms with Crippen molar-refractivity contribution in [2.24, 2.45) is 0 Å². The average Bonchev–Trinajstić information content (AvgIpc) is 3.45. The van der Waals surface area contributed by atoms with Gasteiger partial charge in [-0.05, 0) is 62.8 Å². The van der Waals surface area contributed by atoms with Crippen molar-refractivity contribution in [3.05, 3.63) is 64.4 Å². The Hall–Kier alpha value is -2.00. The van der Waals surface area contributed by atoms with Gasteiger partial charge in [-0.2, -0.15) is 0 Å². The summed E-state index contributed by atoms with van der Waals surface area (Å²) >= 11 is 6.06. The fraction of sp³-hybridized carbons (Fsp3) is 0.350. The number of nitrogens with zero attached hydrogens (tertiary/aromatic N) is 1. The van der Waals surface area contributed by atoms with Crippen LogP contribution in [0.3, 0.4) is 0 Å². The molecule has 2 aromatic carbocycles. The van der Waals surface area contributed by atoms with Crippen LogP contribution in [-0.2, 0) is 10.0 Å². The highest BCUT2D eigenvalue weighted by Gasteiger charge is 2.29. The van der Waals surface area contributed by atoms with Gasteiger partial charge in [0.05, 0.1) is 11.1 Å². The molecule has 1 saturated carbocycles. The highest BCUT2D eigenvalue weighted by Crippen LogP contribution is 2.27. The van der Waals surface area contributed by atoms with Crippen molar-refractivity contribution < 1.29 is 17.6 Å². The molecule has 0 bridgehead atoms. The van der Waals surface area contributed by atoms with Gasteiger partial charge in [-0.15, -0.1) is 0 Å². The molecule has 156 valence electrons. The van der Waals surface area contributed by atoms with Crippen LogP contribution in [0.5, 0.6) is 0 Å². The number of halogens is 2. The number of hydrogen-bond donors (Lipinski definition) is 2. The predicted octanol–water partition coefficient (Wildman–Crippen LogP) is 2.95. The fourth-order valence-electron chi connectivity index (χ4n) is 2.94. The summed E-state index contributed by atoms with van der Waals surface area (Å²) in [4.78, 5) is 14.4. The second kappa shape index (κ2) is 8.79. The highest BCUT2D eigenvalue weighted by atomic mass is 35.5. The zero-order chi connectivity index (χ0) is 21.2. The molecule has 29 heavy (non-hydrogen) atoms. The third-order valence-electron chi connectivity index (χ3n) is 4.69. The van der Waals surface area contributed by atoms with Crippen molar-refractivity contribution in [1.82, 2.24) is 14.9 Å². The van der Waals surface area contributed by atoms with Crippen molar-refractivity contribution in [3.8, 4) is 0 Å². The lowest BCUT2D eigenvalue weighted by molar-refractivity contribution is 0.0941. The number of amides is 1. The first kappa shape index (κ1) is 21.7. The van der Waals surface area contributed by atoms with Gasteiger partial charge in [0.15, 0.2) is 0 Å². The van der Waals surface area contributed by atoms with Gasteiger partial charge in [-0.1, -0.05) is 23.7 Å². The van der Waals surface area contributed by atoms with Crippen LogP contribution in [0.2, 0.25) is 5.02 Å². The van der Waals surface area contributed by atoms with Crippen molar-refractivity contribution in [2.75, 3.05) is 20.6 Å². The van der Waals surface area contributed by atoms with Crippen LogP contribution in [0.4, 0.5) is 4.39 Å². The molecule has 0 aromatic heterocycles. The van der Waals surface area contributed by atoms with Crippen molar-refractivity contribution in [1.29, 1.82) is 0 Å². The minimum Gasteiger partial charge on any atom is -0.350 e. The van der Waals surface area contributed by atoms with E-state index in [9.17, 15) is 17.6 Å². The molecule has 0 spiro atoms. The van der Waals surface area contributed by atoms with Gasteiger partial charge in [0.1, 0.15) is 10.7 Å². The largest absolute Gasteiger partial charge is 0.350 e. The average molecular weight is 440 g/mol. The SMILES string of the molecule is CN(C)C(CNC(=O)c1ccc(Cl)c(S(=O)(=O)NC2CC2)c1)c1cccc(F)c1. The van der Waals surface area contributed by atoms with Gasteiger partial charge in [-0.3, -0.25) is 4.79 Å². The molecule has 2 aromatic rings. The molecule has 1 aliphatic carbocycles. The molecule has 1 amide bonds. The predicted molar refractivity (Wildman–Crippen MR) is 110 cm³/mol. The number of rotatable bonds is 8. The Labute approximate surface area is 175 Å². The van der Waals surface area contributed by atoms with Crippen molar-refractivity contribution in [2.45, 2.75) is 29.8 Å². The lowest BCUT2D eigenvalue weighted by Crippen LogP contribution is -2.34. The molecule has 6 nitrogen and oxygen atoms in total. The molecule has 0 aliphatic heterocycles. The number of carbonyl (C=O) groups excluding carboxylic acids is 1. The summed E-state index contributed by atoms with van der Waals surface area (Å²) in [5, 5.41) is 2.84. The Kier molecular flexibility index (Phi) is 6.58. The van der Waals surface area contributed by atoms with E-state index in [1.807, 2.05) is 19.0 Å². The van der Waals surface area contributed by atoms with E-state index in [1.165, 1.54) is 30.3 Å². The van der Waals surface area contributed by atoms with E-state index in [-0.39, 0.29) is 39.9 Å². The maximum Gasteiger partial charge on any atom is 0.251 e. The summed E-state index contributed by atoms with van der Waals surface area (Å²) in [5.74, 6) is -0.788. The molecule has 0 saturated heterocycles. The molecule has 1 aliphatic rings. The Balaban J connectivity index is 1.75. The van der Waals surface area contributed by atoms with E-state index in [0.717, 1.165) is 18.4 Å². The summed E-state index contributed by atoms with van der Waals surface area (Å²) < 4.78 is 41.1. The van der Waals surface area contributed by atoms with Crippen LogP contribution in [0.1, 0.15) is 34.8 Å². The molecule has 9 heteroatoms. The first-order chi connectivity index (χ1) is 13.7. The number of sulfonamides is 1. The van der Waals surface area contributed by atoms with Crippen LogP contribution in [0.25, 0.3) is 0 Å². The summed E-state index contributed by atoms with van der Waals surface area (Å²) in [7, 11) is -0.125.